The Morgan fingerprint density at radius 3 is 1.60 bits per heavy atom. The first-order valence-electron chi connectivity index (χ1n) is 1.09. The van der Waals surface area contributed by atoms with E-state index < -0.39 is 4.98 Å². The molecule has 4 heteroatoms. The highest BCUT2D eigenvalue weighted by molar-refractivity contribution is 7.43. The van der Waals surface area contributed by atoms with Crippen LogP contribution in [0.15, 0.2) is 0 Å². The lowest BCUT2D eigenvalue weighted by Gasteiger charge is -2.05. The molecule has 2 unspecified atom stereocenters. The maximum Gasteiger partial charge on any atom is 0.124 e. The highest BCUT2D eigenvalue weighted by atomic mass is 31.1. The van der Waals surface area contributed by atoms with Gasteiger partial charge in [-0.25, -0.2) is 0 Å². The molecule has 0 aliphatic heterocycles. The highest BCUT2D eigenvalue weighted by Crippen LogP contribution is 2.15. The van der Waals surface area contributed by atoms with E-state index in [9.17, 15) is 0 Å². The zero-order valence-corrected chi connectivity index (χ0v) is 4.99. The molecule has 28 valence electrons. The zero-order valence-electron chi connectivity index (χ0n) is 2.68. The fraction of sp³-hybridized carbons (Fsp3) is 1.00. The Morgan fingerprint density at radius 1 is 1.60 bits per heavy atom. The van der Waals surface area contributed by atoms with Gasteiger partial charge >= 0.3 is 0 Å². The van der Waals surface area contributed by atoms with E-state index in [1.807, 2.05) is 18.5 Å². The van der Waals surface area contributed by atoms with Crippen LogP contribution in [-0.4, -0.2) is 17.9 Å². The molecule has 0 aromatic rings. The molecule has 0 bridgehead atoms. The SMILES string of the molecule is [B]C(O)(P)P. The molecule has 0 rings (SSSR count). The Hall–Kier alpha value is 0.885. The second kappa shape index (κ2) is 1.56. The fourth-order valence-corrected chi connectivity index (χ4v) is 0. The summed E-state index contributed by atoms with van der Waals surface area (Å²) in [6.45, 7) is 0. The van der Waals surface area contributed by atoms with Crippen molar-refractivity contribution in [2.45, 2.75) is 4.98 Å². The third-order valence-electron chi connectivity index (χ3n) is 0. The number of aliphatic hydroxyl groups is 1. The van der Waals surface area contributed by atoms with Gasteiger partial charge in [0.2, 0.25) is 0 Å². The first-order chi connectivity index (χ1) is 2.00. The molecule has 2 atom stereocenters. The third kappa shape index (κ3) is 51.9. The maximum atomic E-state index is 8.22. The molecular formula is CH5BOP2. The van der Waals surface area contributed by atoms with Gasteiger partial charge < -0.3 is 5.11 Å². The smallest absolute Gasteiger partial charge is 0.124 e. The minimum absolute atomic E-state index is 1.17. The van der Waals surface area contributed by atoms with Gasteiger partial charge in [-0.2, -0.15) is 0 Å². The highest BCUT2D eigenvalue weighted by Gasteiger charge is 1.97. The van der Waals surface area contributed by atoms with E-state index in [2.05, 4.69) is 0 Å². The maximum absolute atomic E-state index is 8.22. The van der Waals surface area contributed by atoms with Gasteiger partial charge in [0, 0.05) is 4.98 Å². The van der Waals surface area contributed by atoms with Crippen molar-refractivity contribution in [2.24, 2.45) is 0 Å². The average Bonchev–Trinajstić information content (AvgIpc) is 0.722. The summed E-state index contributed by atoms with van der Waals surface area (Å²) in [5.41, 5.74) is 0. The summed E-state index contributed by atoms with van der Waals surface area (Å²) in [5, 5.41) is 8.22. The summed E-state index contributed by atoms with van der Waals surface area (Å²) in [7, 11) is 8.86. The van der Waals surface area contributed by atoms with E-state index in [1.54, 1.807) is 0 Å². The molecule has 0 aromatic carbocycles. The fourth-order valence-electron chi connectivity index (χ4n) is 0. The van der Waals surface area contributed by atoms with Gasteiger partial charge in [-0.05, 0) is 0 Å². The van der Waals surface area contributed by atoms with Crippen LogP contribution in [0.3, 0.4) is 0 Å². The topological polar surface area (TPSA) is 20.2 Å². The Labute approximate surface area is 37.3 Å². The molecule has 5 heavy (non-hydrogen) atoms. The Balaban J connectivity index is 3.02. The quantitative estimate of drug-likeness (QED) is 0.326. The molecule has 0 fully saturated rings. The minimum atomic E-state index is -1.17. The van der Waals surface area contributed by atoms with Crippen LogP contribution in [0.5, 0.6) is 0 Å². The van der Waals surface area contributed by atoms with E-state index in [4.69, 9.17) is 13.0 Å². The van der Waals surface area contributed by atoms with Crippen molar-refractivity contribution in [1.82, 2.24) is 0 Å². The van der Waals surface area contributed by atoms with Gasteiger partial charge in [-0.15, -0.1) is 18.5 Å². The van der Waals surface area contributed by atoms with Crippen molar-refractivity contribution < 1.29 is 5.11 Å². The second-order valence-electron chi connectivity index (χ2n) is 0.887. The summed E-state index contributed by atoms with van der Waals surface area (Å²) < 4.78 is 0. The summed E-state index contributed by atoms with van der Waals surface area (Å²) in [6.07, 6.45) is 0. The molecule has 0 aliphatic rings. The monoisotopic (exact) mass is 106 g/mol. The Kier molecular flexibility index (Phi) is 1.83. The number of rotatable bonds is 0. The molecule has 1 nitrogen and oxygen atoms in total. The molecule has 0 aromatic heterocycles. The molecule has 0 heterocycles. The molecule has 0 aliphatic carbocycles. The lowest BCUT2D eigenvalue weighted by atomic mass is 10.2. The molecule has 1 N–H and O–H groups in total. The molecule has 2 radical (unpaired) electrons. The van der Waals surface area contributed by atoms with Crippen molar-refractivity contribution in [2.75, 3.05) is 0 Å². The van der Waals surface area contributed by atoms with E-state index in [1.165, 1.54) is 0 Å². The van der Waals surface area contributed by atoms with Gasteiger partial charge in [0.1, 0.15) is 7.85 Å². The van der Waals surface area contributed by atoms with E-state index >= 15 is 0 Å². The van der Waals surface area contributed by atoms with Crippen LogP contribution in [-0.2, 0) is 0 Å². The van der Waals surface area contributed by atoms with E-state index in [-0.39, 0.29) is 0 Å². The van der Waals surface area contributed by atoms with Gasteiger partial charge in [-0.1, -0.05) is 0 Å². The Morgan fingerprint density at radius 2 is 1.60 bits per heavy atom. The van der Waals surface area contributed by atoms with E-state index in [0.717, 1.165) is 0 Å². The first kappa shape index (κ1) is 5.88. The lowest BCUT2D eigenvalue weighted by molar-refractivity contribution is 0.308. The van der Waals surface area contributed by atoms with Crippen molar-refractivity contribution in [3.63, 3.8) is 0 Å². The van der Waals surface area contributed by atoms with Gasteiger partial charge in [0.05, 0.1) is 0 Å². The van der Waals surface area contributed by atoms with Gasteiger partial charge in [0.25, 0.3) is 0 Å². The first-order valence-corrected chi connectivity index (χ1v) is 2.24. The second-order valence-corrected chi connectivity index (χ2v) is 3.40. The largest absolute Gasteiger partial charge is 0.392 e. The lowest BCUT2D eigenvalue weighted by Crippen LogP contribution is -2.05. The van der Waals surface area contributed by atoms with Crippen LogP contribution in [0.4, 0.5) is 0 Å². The summed E-state index contributed by atoms with van der Waals surface area (Å²) in [6, 6.07) is 0. The molecule has 0 saturated carbocycles. The normalized spacial score (nSPS) is 11.8. The summed E-state index contributed by atoms with van der Waals surface area (Å²) in [4.78, 5) is -1.17. The van der Waals surface area contributed by atoms with Gasteiger partial charge in [-0.3, -0.25) is 0 Å². The van der Waals surface area contributed by atoms with E-state index in [0.29, 0.717) is 0 Å². The van der Waals surface area contributed by atoms with Crippen molar-refractivity contribution in [3.05, 3.63) is 0 Å². The molecule has 0 spiro atoms. The van der Waals surface area contributed by atoms with Gasteiger partial charge in [0.15, 0.2) is 0 Å². The Bertz CT molecular complexity index is 25.1. The third-order valence-corrected chi connectivity index (χ3v) is 0. The van der Waals surface area contributed by atoms with Crippen LogP contribution in [0.1, 0.15) is 0 Å². The van der Waals surface area contributed by atoms with Crippen molar-refractivity contribution >= 4 is 26.3 Å². The predicted octanol–water partition coefficient (Wildman–Crippen LogP) is -0.491. The van der Waals surface area contributed by atoms with Crippen molar-refractivity contribution in [3.8, 4) is 0 Å². The van der Waals surface area contributed by atoms with Crippen LogP contribution in [0, 0.1) is 0 Å². The molecule has 0 saturated heterocycles. The predicted molar refractivity (Wildman–Crippen MR) is 30.1 cm³/mol. The van der Waals surface area contributed by atoms with Crippen LogP contribution >= 0.6 is 18.5 Å². The number of hydrogen-bond acceptors (Lipinski definition) is 1. The minimum Gasteiger partial charge on any atom is -0.392 e. The van der Waals surface area contributed by atoms with Crippen LogP contribution in [0.25, 0.3) is 0 Å². The molecule has 0 amide bonds. The number of hydrogen-bond donors (Lipinski definition) is 1. The molecular weight excluding hydrogens is 101 g/mol. The van der Waals surface area contributed by atoms with Crippen LogP contribution in [0.2, 0.25) is 0 Å². The zero-order chi connectivity index (χ0) is 4.50. The standard InChI is InChI=1S/CH5BOP2/c2-1(3,4)5/h3H,4-5H2. The van der Waals surface area contributed by atoms with Crippen molar-refractivity contribution in [1.29, 1.82) is 0 Å². The average molecular weight is 106 g/mol. The van der Waals surface area contributed by atoms with Crippen LogP contribution < -0.4 is 0 Å². The summed E-state index contributed by atoms with van der Waals surface area (Å²) in [5.74, 6) is 0. The summed E-state index contributed by atoms with van der Waals surface area (Å²) >= 11 is 0.